The van der Waals surface area contributed by atoms with E-state index in [1.54, 1.807) is 12.1 Å². The summed E-state index contributed by atoms with van der Waals surface area (Å²) >= 11 is 0. The van der Waals surface area contributed by atoms with Crippen LogP contribution in [0.25, 0.3) is 0 Å². The maximum absolute atomic E-state index is 12.2. The van der Waals surface area contributed by atoms with E-state index in [0.717, 1.165) is 5.56 Å². The van der Waals surface area contributed by atoms with Crippen LogP contribution < -0.4 is 10.5 Å². The van der Waals surface area contributed by atoms with E-state index in [9.17, 15) is 8.42 Å². The van der Waals surface area contributed by atoms with Crippen LogP contribution in [0, 0.1) is 18.8 Å². The predicted octanol–water partition coefficient (Wildman–Crippen LogP) is 0.829. The fraction of sp³-hybridized carbons (Fsp3) is 0.154. The van der Waals surface area contributed by atoms with Crippen LogP contribution in [0.2, 0.25) is 0 Å². The summed E-state index contributed by atoms with van der Waals surface area (Å²) in [6.07, 6.45) is 2.55. The molecule has 0 saturated carbocycles. The lowest BCUT2D eigenvalue weighted by Gasteiger charge is -2.09. The Labute approximate surface area is 117 Å². The van der Waals surface area contributed by atoms with Gasteiger partial charge in [0.25, 0.3) is 10.0 Å². The van der Waals surface area contributed by atoms with Crippen LogP contribution in [-0.4, -0.2) is 25.2 Å². The maximum atomic E-state index is 12.2. The Morgan fingerprint density at radius 3 is 2.90 bits per heavy atom. The molecule has 1 aromatic heterocycles. The van der Waals surface area contributed by atoms with Gasteiger partial charge in [0.2, 0.25) is 0 Å². The SMILES string of the molecule is Cc1ccc(C#CCN)c(NS(=O)(=O)c2cn[nH]c2)c1. The number of aryl methyl sites for hydroxylation is 1. The van der Waals surface area contributed by atoms with Crippen molar-refractivity contribution in [3.63, 3.8) is 0 Å². The number of hydrogen-bond acceptors (Lipinski definition) is 4. The van der Waals surface area contributed by atoms with Crippen LogP contribution in [0.1, 0.15) is 11.1 Å². The number of benzene rings is 1. The normalized spacial score (nSPS) is 10.7. The molecular weight excluding hydrogens is 276 g/mol. The van der Waals surface area contributed by atoms with Gasteiger partial charge in [-0.2, -0.15) is 5.10 Å². The molecule has 104 valence electrons. The number of aromatic nitrogens is 2. The van der Waals surface area contributed by atoms with Crippen molar-refractivity contribution in [3.05, 3.63) is 41.7 Å². The van der Waals surface area contributed by atoms with Gasteiger partial charge in [0.05, 0.1) is 18.4 Å². The first-order chi connectivity index (χ1) is 9.53. The minimum atomic E-state index is -3.68. The highest BCUT2D eigenvalue weighted by Gasteiger charge is 2.16. The first kappa shape index (κ1) is 14.1. The van der Waals surface area contributed by atoms with E-state index < -0.39 is 10.0 Å². The van der Waals surface area contributed by atoms with Crippen molar-refractivity contribution >= 4 is 15.7 Å². The first-order valence-corrected chi connectivity index (χ1v) is 7.32. The molecule has 4 N–H and O–H groups in total. The Kier molecular flexibility index (Phi) is 4.08. The molecule has 20 heavy (non-hydrogen) atoms. The number of nitrogens with two attached hydrogens (primary N) is 1. The summed E-state index contributed by atoms with van der Waals surface area (Å²) in [5, 5.41) is 6.10. The van der Waals surface area contributed by atoms with Crippen molar-refractivity contribution in [2.75, 3.05) is 11.3 Å². The van der Waals surface area contributed by atoms with E-state index in [-0.39, 0.29) is 11.4 Å². The van der Waals surface area contributed by atoms with Gasteiger partial charge in [-0.1, -0.05) is 17.9 Å². The molecule has 0 aliphatic carbocycles. The predicted molar refractivity (Wildman–Crippen MR) is 76.5 cm³/mol. The smallest absolute Gasteiger partial charge is 0.265 e. The summed E-state index contributed by atoms with van der Waals surface area (Å²) < 4.78 is 26.8. The number of H-pyrrole nitrogens is 1. The van der Waals surface area contributed by atoms with E-state index in [0.29, 0.717) is 11.3 Å². The lowest BCUT2D eigenvalue weighted by molar-refractivity contribution is 0.601. The summed E-state index contributed by atoms with van der Waals surface area (Å²) in [5.74, 6) is 5.55. The van der Waals surface area contributed by atoms with Gasteiger partial charge in [0, 0.05) is 11.8 Å². The van der Waals surface area contributed by atoms with Gasteiger partial charge in [-0.05, 0) is 24.6 Å². The van der Waals surface area contributed by atoms with E-state index in [2.05, 4.69) is 26.8 Å². The number of anilines is 1. The molecule has 1 heterocycles. The van der Waals surface area contributed by atoms with Gasteiger partial charge in [0.1, 0.15) is 4.90 Å². The lowest BCUT2D eigenvalue weighted by atomic mass is 10.1. The molecule has 6 nitrogen and oxygen atoms in total. The fourth-order valence-corrected chi connectivity index (χ4v) is 2.56. The summed E-state index contributed by atoms with van der Waals surface area (Å²) in [6, 6.07) is 5.33. The Morgan fingerprint density at radius 1 is 1.45 bits per heavy atom. The van der Waals surface area contributed by atoms with E-state index in [1.165, 1.54) is 12.4 Å². The van der Waals surface area contributed by atoms with Crippen LogP contribution in [-0.2, 0) is 10.0 Å². The maximum Gasteiger partial charge on any atom is 0.265 e. The Balaban J connectivity index is 2.40. The van der Waals surface area contributed by atoms with Crippen molar-refractivity contribution in [2.45, 2.75) is 11.8 Å². The Bertz CT molecular complexity index is 755. The van der Waals surface area contributed by atoms with E-state index in [4.69, 9.17) is 5.73 Å². The van der Waals surface area contributed by atoms with Gasteiger partial charge >= 0.3 is 0 Å². The fourth-order valence-electron chi connectivity index (χ4n) is 1.59. The van der Waals surface area contributed by atoms with Crippen molar-refractivity contribution in [2.24, 2.45) is 5.73 Å². The molecule has 0 aliphatic rings. The summed E-state index contributed by atoms with van der Waals surface area (Å²) in [5.41, 5.74) is 7.26. The lowest BCUT2D eigenvalue weighted by Crippen LogP contribution is -2.13. The zero-order valence-electron chi connectivity index (χ0n) is 10.8. The quantitative estimate of drug-likeness (QED) is 0.729. The molecule has 0 aliphatic heterocycles. The molecule has 2 rings (SSSR count). The second-order valence-electron chi connectivity index (χ2n) is 4.09. The topological polar surface area (TPSA) is 101 Å². The van der Waals surface area contributed by atoms with Crippen molar-refractivity contribution in [1.82, 2.24) is 10.2 Å². The molecule has 2 aromatic rings. The molecule has 0 radical (unpaired) electrons. The molecule has 0 bridgehead atoms. The average molecular weight is 290 g/mol. The monoisotopic (exact) mass is 290 g/mol. The van der Waals surface area contributed by atoms with Gasteiger partial charge in [0.15, 0.2) is 0 Å². The largest absolute Gasteiger partial charge is 0.320 e. The molecule has 0 saturated heterocycles. The average Bonchev–Trinajstić information content (AvgIpc) is 2.92. The van der Waals surface area contributed by atoms with Gasteiger partial charge < -0.3 is 5.73 Å². The zero-order valence-corrected chi connectivity index (χ0v) is 11.7. The minimum Gasteiger partial charge on any atom is -0.320 e. The Hall–Kier alpha value is -2.30. The van der Waals surface area contributed by atoms with Gasteiger partial charge in [-0.15, -0.1) is 0 Å². The number of nitrogens with one attached hydrogen (secondary N) is 2. The number of sulfonamides is 1. The zero-order chi connectivity index (χ0) is 14.6. The number of aromatic amines is 1. The number of rotatable bonds is 3. The highest BCUT2D eigenvalue weighted by atomic mass is 32.2. The van der Waals surface area contributed by atoms with Gasteiger partial charge in [-0.3, -0.25) is 9.82 Å². The third kappa shape index (κ3) is 3.17. The number of nitrogens with zero attached hydrogens (tertiary/aromatic N) is 1. The standard InChI is InChI=1S/C13H14N4O2S/c1-10-4-5-11(3-2-6-14)13(7-10)17-20(18,19)12-8-15-16-9-12/h4-5,7-9,17H,6,14H2,1H3,(H,15,16). The van der Waals surface area contributed by atoms with Crippen LogP contribution in [0.4, 0.5) is 5.69 Å². The second kappa shape index (κ2) is 5.77. The summed E-state index contributed by atoms with van der Waals surface area (Å²) in [6.45, 7) is 2.08. The Morgan fingerprint density at radius 2 is 2.25 bits per heavy atom. The minimum absolute atomic E-state index is 0.0664. The van der Waals surface area contributed by atoms with Crippen LogP contribution in [0.15, 0.2) is 35.5 Å². The number of hydrogen-bond donors (Lipinski definition) is 3. The first-order valence-electron chi connectivity index (χ1n) is 5.84. The molecule has 0 fully saturated rings. The van der Waals surface area contributed by atoms with Crippen molar-refractivity contribution in [3.8, 4) is 11.8 Å². The molecule has 0 spiro atoms. The van der Waals surface area contributed by atoms with E-state index >= 15 is 0 Å². The van der Waals surface area contributed by atoms with Crippen molar-refractivity contribution < 1.29 is 8.42 Å². The molecule has 0 unspecified atom stereocenters. The summed E-state index contributed by atoms with van der Waals surface area (Å²) in [4.78, 5) is 0.0664. The molecule has 0 amide bonds. The second-order valence-corrected chi connectivity index (χ2v) is 5.78. The molecule has 1 aromatic carbocycles. The van der Waals surface area contributed by atoms with Crippen LogP contribution in [0.5, 0.6) is 0 Å². The molecule has 0 atom stereocenters. The highest BCUT2D eigenvalue weighted by molar-refractivity contribution is 7.92. The third-order valence-corrected chi connectivity index (χ3v) is 3.86. The summed E-state index contributed by atoms with van der Waals surface area (Å²) in [7, 11) is -3.68. The highest BCUT2D eigenvalue weighted by Crippen LogP contribution is 2.20. The van der Waals surface area contributed by atoms with Crippen LogP contribution in [0.3, 0.4) is 0 Å². The van der Waals surface area contributed by atoms with E-state index in [1.807, 2.05) is 13.0 Å². The van der Waals surface area contributed by atoms with Gasteiger partial charge in [-0.25, -0.2) is 8.42 Å². The van der Waals surface area contributed by atoms with Crippen LogP contribution >= 0.6 is 0 Å². The van der Waals surface area contributed by atoms with Crippen molar-refractivity contribution in [1.29, 1.82) is 0 Å². The third-order valence-electron chi connectivity index (χ3n) is 2.53. The molecular formula is C13H14N4O2S. The molecule has 7 heteroatoms.